The molecule has 9 aromatic rings. The van der Waals surface area contributed by atoms with Gasteiger partial charge in [-0.05, 0) is 92.5 Å². The number of hydrogen-bond donors (Lipinski definition) is 0. The van der Waals surface area contributed by atoms with Gasteiger partial charge in [0.25, 0.3) is 0 Å². The highest BCUT2D eigenvalue weighted by molar-refractivity contribution is 5.96. The van der Waals surface area contributed by atoms with E-state index in [-0.39, 0.29) is 0 Å². The van der Waals surface area contributed by atoms with Crippen LogP contribution in [0.3, 0.4) is 0 Å². The summed E-state index contributed by atoms with van der Waals surface area (Å²) < 4.78 is 2.24. The minimum absolute atomic E-state index is 0.545. The lowest BCUT2D eigenvalue weighted by Crippen LogP contribution is -2.28. The fourth-order valence-electron chi connectivity index (χ4n) is 8.62. The smallest absolute Gasteiger partial charge is 0.145 e. The first-order valence-corrected chi connectivity index (χ1v) is 18.3. The van der Waals surface area contributed by atoms with Crippen molar-refractivity contribution in [3.8, 4) is 56.5 Å². The van der Waals surface area contributed by atoms with E-state index in [0.717, 1.165) is 50.4 Å². The zero-order chi connectivity index (χ0) is 36.1. The van der Waals surface area contributed by atoms with Crippen LogP contribution in [0.2, 0.25) is 0 Å². The zero-order valence-corrected chi connectivity index (χ0v) is 29.4. The number of para-hydroxylation sites is 3. The molecule has 1 heterocycles. The molecule has 0 unspecified atom stereocenters. The Morgan fingerprint density at radius 3 is 1.72 bits per heavy atom. The highest BCUT2D eigenvalue weighted by Crippen LogP contribution is 2.58. The third kappa shape index (κ3) is 4.78. The maximum atomic E-state index is 10.4. The number of nitriles is 1. The summed E-state index contributed by atoms with van der Waals surface area (Å²) in [6.45, 7) is 0. The van der Waals surface area contributed by atoms with E-state index in [1.54, 1.807) is 0 Å². The summed E-state index contributed by atoms with van der Waals surface area (Å²) in [7, 11) is 0. The number of fused-ring (bicyclic) bond motifs is 4. The third-order valence-electron chi connectivity index (χ3n) is 11.0. The van der Waals surface area contributed by atoms with Crippen LogP contribution < -0.4 is 0 Å². The summed E-state index contributed by atoms with van der Waals surface area (Å²) in [4.78, 5) is 5.13. The fraction of sp³-hybridized carbons (Fsp3) is 0.0196. The van der Waals surface area contributed by atoms with E-state index in [0.29, 0.717) is 5.56 Å². The molecule has 54 heavy (non-hydrogen) atoms. The molecule has 0 amide bonds. The highest BCUT2D eigenvalue weighted by atomic mass is 15.1. The molecule has 0 bridgehead atoms. The number of rotatable bonds is 6. The van der Waals surface area contributed by atoms with E-state index in [1.165, 1.54) is 33.4 Å². The van der Waals surface area contributed by atoms with Crippen LogP contribution in [0.1, 0.15) is 27.8 Å². The molecule has 252 valence electrons. The highest BCUT2D eigenvalue weighted by Gasteiger charge is 2.46. The Labute approximate surface area is 314 Å². The summed E-state index contributed by atoms with van der Waals surface area (Å²) in [5, 5.41) is 10.4. The Hall–Kier alpha value is -7.28. The fourth-order valence-corrected chi connectivity index (χ4v) is 8.62. The number of benzene rings is 8. The van der Waals surface area contributed by atoms with Crippen LogP contribution in [-0.4, -0.2) is 9.55 Å². The van der Waals surface area contributed by atoms with E-state index in [1.807, 2.05) is 30.3 Å². The molecule has 0 N–H and O–H groups in total. The predicted molar refractivity (Wildman–Crippen MR) is 219 cm³/mol. The number of aromatic nitrogens is 2. The van der Waals surface area contributed by atoms with Crippen molar-refractivity contribution < 1.29 is 0 Å². The van der Waals surface area contributed by atoms with E-state index in [2.05, 4.69) is 180 Å². The Kier molecular flexibility index (Phi) is 7.42. The second-order valence-corrected chi connectivity index (χ2v) is 13.8. The Morgan fingerprint density at radius 2 is 1.02 bits per heavy atom. The second-order valence-electron chi connectivity index (χ2n) is 13.8. The SMILES string of the molecule is N#Cc1ccccc1-c1cc2c(cc1-c1ccc(-c3nc4ccccc4n3-c3ccccc3)cc1)C(c1ccccc1)(c1ccccc1)c1ccccc1-2. The minimum atomic E-state index is -0.545. The van der Waals surface area contributed by atoms with Gasteiger partial charge in [0.15, 0.2) is 0 Å². The van der Waals surface area contributed by atoms with Crippen molar-refractivity contribution in [1.82, 2.24) is 9.55 Å². The molecule has 10 rings (SSSR count). The van der Waals surface area contributed by atoms with Gasteiger partial charge >= 0.3 is 0 Å². The van der Waals surface area contributed by atoms with Crippen LogP contribution >= 0.6 is 0 Å². The van der Waals surface area contributed by atoms with E-state index in [4.69, 9.17) is 4.98 Å². The molecule has 0 saturated carbocycles. The first kappa shape index (κ1) is 31.5. The van der Waals surface area contributed by atoms with Crippen molar-refractivity contribution in [3.63, 3.8) is 0 Å². The van der Waals surface area contributed by atoms with Crippen molar-refractivity contribution in [2.24, 2.45) is 0 Å². The Bertz CT molecular complexity index is 2820. The lowest BCUT2D eigenvalue weighted by Gasteiger charge is -2.34. The van der Waals surface area contributed by atoms with E-state index >= 15 is 0 Å². The molecule has 0 fully saturated rings. The summed E-state index contributed by atoms with van der Waals surface area (Å²) in [6, 6.07) is 73.2. The van der Waals surface area contributed by atoms with E-state index in [9.17, 15) is 5.26 Å². The van der Waals surface area contributed by atoms with Gasteiger partial charge in [-0.2, -0.15) is 5.26 Å². The van der Waals surface area contributed by atoms with Gasteiger partial charge in [-0.25, -0.2) is 4.98 Å². The molecule has 3 heteroatoms. The first-order chi connectivity index (χ1) is 26.8. The molecule has 0 aliphatic heterocycles. The van der Waals surface area contributed by atoms with Gasteiger partial charge in [-0.3, -0.25) is 4.57 Å². The molecule has 3 nitrogen and oxygen atoms in total. The Balaban J connectivity index is 1.24. The van der Waals surface area contributed by atoms with Crippen molar-refractivity contribution in [1.29, 1.82) is 5.26 Å². The van der Waals surface area contributed by atoms with Gasteiger partial charge in [0.2, 0.25) is 0 Å². The van der Waals surface area contributed by atoms with Gasteiger partial charge in [-0.15, -0.1) is 0 Å². The lowest BCUT2D eigenvalue weighted by atomic mass is 9.67. The number of nitrogens with zero attached hydrogens (tertiary/aromatic N) is 3. The normalized spacial score (nSPS) is 12.6. The van der Waals surface area contributed by atoms with Gasteiger partial charge in [-0.1, -0.05) is 158 Å². The molecule has 0 radical (unpaired) electrons. The third-order valence-corrected chi connectivity index (χ3v) is 11.0. The Morgan fingerprint density at radius 1 is 0.444 bits per heavy atom. The molecule has 0 atom stereocenters. The summed E-state index contributed by atoms with van der Waals surface area (Å²) in [5.41, 5.74) is 15.6. The topological polar surface area (TPSA) is 41.6 Å². The van der Waals surface area contributed by atoms with Crippen LogP contribution in [0, 0.1) is 11.3 Å². The van der Waals surface area contributed by atoms with Gasteiger partial charge in [0.05, 0.1) is 28.1 Å². The zero-order valence-electron chi connectivity index (χ0n) is 29.4. The molecule has 1 aliphatic carbocycles. The molecular weight excluding hydrogens is 655 g/mol. The van der Waals surface area contributed by atoms with Crippen molar-refractivity contribution in [2.75, 3.05) is 0 Å². The maximum Gasteiger partial charge on any atom is 0.145 e. The monoisotopic (exact) mass is 687 g/mol. The maximum absolute atomic E-state index is 10.4. The largest absolute Gasteiger partial charge is 0.292 e. The average molecular weight is 688 g/mol. The van der Waals surface area contributed by atoms with Crippen molar-refractivity contribution in [3.05, 3.63) is 228 Å². The standard InChI is InChI=1S/C51H33N3/c52-34-37-16-10-11-23-41(37)44-32-45-42-24-12-13-25-46(42)51(38-17-4-1-5-18-38,39-19-6-2-7-20-39)47(45)33-43(44)35-28-30-36(31-29-35)50-53-48-26-14-15-27-49(48)54(50)40-21-8-3-9-22-40/h1-33H. The van der Waals surface area contributed by atoms with Gasteiger partial charge in [0.1, 0.15) is 5.82 Å². The lowest BCUT2D eigenvalue weighted by molar-refractivity contribution is 0.769. The molecule has 0 spiro atoms. The average Bonchev–Trinajstić information content (AvgIpc) is 3.78. The summed E-state index contributed by atoms with van der Waals surface area (Å²) in [6.07, 6.45) is 0. The number of imidazole rings is 1. The van der Waals surface area contributed by atoms with Crippen LogP contribution in [0.4, 0.5) is 0 Å². The van der Waals surface area contributed by atoms with Crippen LogP contribution in [0.25, 0.3) is 61.5 Å². The van der Waals surface area contributed by atoms with Crippen LogP contribution in [0.5, 0.6) is 0 Å². The summed E-state index contributed by atoms with van der Waals surface area (Å²) in [5.74, 6) is 0.889. The van der Waals surface area contributed by atoms with Crippen molar-refractivity contribution in [2.45, 2.75) is 5.41 Å². The van der Waals surface area contributed by atoms with Gasteiger partial charge in [0, 0.05) is 16.8 Å². The van der Waals surface area contributed by atoms with Crippen molar-refractivity contribution >= 4 is 11.0 Å². The van der Waals surface area contributed by atoms with Crippen LogP contribution in [-0.2, 0) is 5.41 Å². The molecule has 1 aliphatic rings. The molecule has 1 aromatic heterocycles. The predicted octanol–water partition coefficient (Wildman–Crippen LogP) is 12.3. The van der Waals surface area contributed by atoms with Crippen LogP contribution in [0.15, 0.2) is 200 Å². The molecular formula is C51H33N3. The first-order valence-electron chi connectivity index (χ1n) is 18.3. The summed E-state index contributed by atoms with van der Waals surface area (Å²) >= 11 is 0. The molecule has 8 aromatic carbocycles. The van der Waals surface area contributed by atoms with Gasteiger partial charge < -0.3 is 0 Å². The number of hydrogen-bond acceptors (Lipinski definition) is 2. The molecule has 0 saturated heterocycles. The minimum Gasteiger partial charge on any atom is -0.292 e. The second kappa shape index (κ2) is 12.7. The quantitative estimate of drug-likeness (QED) is 0.175. The van der Waals surface area contributed by atoms with E-state index < -0.39 is 5.41 Å².